The molecule has 0 aliphatic rings. The summed E-state index contributed by atoms with van der Waals surface area (Å²) in [6.45, 7) is 3.58. The van der Waals surface area contributed by atoms with Crippen LogP contribution in [0.2, 0.25) is 0 Å². The normalized spacial score (nSPS) is 10.2. The number of phenols is 2. The molecule has 0 aliphatic heterocycles. The van der Waals surface area contributed by atoms with Gasteiger partial charge in [0, 0.05) is 5.69 Å². The van der Waals surface area contributed by atoms with E-state index in [0.717, 1.165) is 12.1 Å². The first kappa shape index (κ1) is 20.8. The SMILES string of the molecule is CCOC(=O)Cc1ccccc1NC(=O)c1cc(O)cc(C(=O)OCC)c1O. The summed E-state index contributed by atoms with van der Waals surface area (Å²) in [6, 6.07) is 8.64. The second-order valence-corrected chi connectivity index (χ2v) is 5.70. The Kier molecular flexibility index (Phi) is 6.97. The van der Waals surface area contributed by atoms with Crippen LogP contribution < -0.4 is 5.32 Å². The van der Waals surface area contributed by atoms with Crippen molar-refractivity contribution >= 4 is 23.5 Å². The van der Waals surface area contributed by atoms with Gasteiger partial charge in [-0.25, -0.2) is 4.79 Å². The van der Waals surface area contributed by atoms with E-state index in [4.69, 9.17) is 9.47 Å². The summed E-state index contributed by atoms with van der Waals surface area (Å²) < 4.78 is 9.72. The summed E-state index contributed by atoms with van der Waals surface area (Å²) in [4.78, 5) is 36.3. The zero-order valence-electron chi connectivity index (χ0n) is 15.5. The van der Waals surface area contributed by atoms with Crippen molar-refractivity contribution in [3.05, 3.63) is 53.1 Å². The van der Waals surface area contributed by atoms with E-state index >= 15 is 0 Å². The number of carbonyl (C=O) groups is 3. The third kappa shape index (κ3) is 5.00. The number of amides is 1. The van der Waals surface area contributed by atoms with Crippen LogP contribution in [0.15, 0.2) is 36.4 Å². The van der Waals surface area contributed by atoms with E-state index in [9.17, 15) is 24.6 Å². The van der Waals surface area contributed by atoms with Gasteiger partial charge in [-0.3, -0.25) is 9.59 Å². The standard InChI is InChI=1S/C20H21NO7/c1-3-27-17(23)9-12-7-5-6-8-16(12)21-19(25)14-10-13(22)11-15(18(14)24)20(26)28-4-2/h5-8,10-11,22,24H,3-4,9H2,1-2H3,(H,21,25). The number of anilines is 1. The second-order valence-electron chi connectivity index (χ2n) is 5.70. The highest BCUT2D eigenvalue weighted by Gasteiger charge is 2.22. The van der Waals surface area contributed by atoms with Gasteiger partial charge in [0.25, 0.3) is 5.91 Å². The highest BCUT2D eigenvalue weighted by molar-refractivity contribution is 6.09. The maximum absolute atomic E-state index is 12.6. The fourth-order valence-electron chi connectivity index (χ4n) is 2.51. The van der Waals surface area contributed by atoms with Gasteiger partial charge >= 0.3 is 11.9 Å². The fourth-order valence-corrected chi connectivity index (χ4v) is 2.51. The summed E-state index contributed by atoms with van der Waals surface area (Å²) in [5.74, 6) is -3.08. The number of hydrogen-bond acceptors (Lipinski definition) is 7. The molecule has 0 bridgehead atoms. The molecule has 2 aromatic carbocycles. The lowest BCUT2D eigenvalue weighted by atomic mass is 10.1. The first-order chi connectivity index (χ1) is 13.4. The van der Waals surface area contributed by atoms with E-state index in [0.29, 0.717) is 11.3 Å². The zero-order chi connectivity index (χ0) is 20.7. The Balaban J connectivity index is 2.31. The van der Waals surface area contributed by atoms with Gasteiger partial charge in [0.05, 0.1) is 25.2 Å². The molecular formula is C20H21NO7. The van der Waals surface area contributed by atoms with E-state index in [1.165, 1.54) is 0 Å². The lowest BCUT2D eigenvalue weighted by molar-refractivity contribution is -0.142. The molecule has 0 heterocycles. The van der Waals surface area contributed by atoms with Crippen molar-refractivity contribution in [2.24, 2.45) is 0 Å². The summed E-state index contributed by atoms with van der Waals surface area (Å²) >= 11 is 0. The Morgan fingerprint density at radius 2 is 1.61 bits per heavy atom. The second kappa shape index (κ2) is 9.40. The smallest absolute Gasteiger partial charge is 0.342 e. The predicted octanol–water partition coefficient (Wildman–Crippen LogP) is 2.63. The van der Waals surface area contributed by atoms with Crippen molar-refractivity contribution in [3.63, 3.8) is 0 Å². The number of ether oxygens (including phenoxy) is 2. The molecule has 2 aromatic rings. The minimum absolute atomic E-state index is 0.0512. The first-order valence-corrected chi connectivity index (χ1v) is 8.65. The highest BCUT2D eigenvalue weighted by atomic mass is 16.5. The van der Waals surface area contributed by atoms with E-state index in [-0.39, 0.29) is 36.5 Å². The molecule has 0 radical (unpaired) electrons. The van der Waals surface area contributed by atoms with Crippen molar-refractivity contribution in [1.82, 2.24) is 0 Å². The molecular weight excluding hydrogens is 366 g/mol. The number of para-hydroxylation sites is 1. The van der Waals surface area contributed by atoms with Crippen LogP contribution in [-0.4, -0.2) is 41.3 Å². The van der Waals surface area contributed by atoms with Crippen LogP contribution in [-0.2, 0) is 20.7 Å². The molecule has 0 aromatic heterocycles. The van der Waals surface area contributed by atoms with Crippen LogP contribution >= 0.6 is 0 Å². The Hall–Kier alpha value is -3.55. The third-order valence-electron chi connectivity index (χ3n) is 3.74. The molecule has 0 saturated carbocycles. The van der Waals surface area contributed by atoms with E-state index in [1.807, 2.05) is 0 Å². The number of rotatable bonds is 7. The minimum Gasteiger partial charge on any atom is -0.508 e. The molecule has 1 amide bonds. The molecule has 8 nitrogen and oxygen atoms in total. The van der Waals surface area contributed by atoms with E-state index in [2.05, 4.69) is 5.32 Å². The minimum atomic E-state index is -0.868. The van der Waals surface area contributed by atoms with Crippen LogP contribution in [0, 0.1) is 0 Å². The highest BCUT2D eigenvalue weighted by Crippen LogP contribution is 2.30. The van der Waals surface area contributed by atoms with Crippen molar-refractivity contribution in [1.29, 1.82) is 0 Å². The van der Waals surface area contributed by atoms with Gasteiger partial charge in [-0.05, 0) is 37.6 Å². The average molecular weight is 387 g/mol. The molecule has 0 unspecified atom stereocenters. The molecule has 0 fully saturated rings. The third-order valence-corrected chi connectivity index (χ3v) is 3.74. The van der Waals surface area contributed by atoms with Crippen molar-refractivity contribution in [3.8, 4) is 11.5 Å². The Morgan fingerprint density at radius 1 is 0.964 bits per heavy atom. The van der Waals surface area contributed by atoms with Crippen molar-refractivity contribution < 1.29 is 34.1 Å². The van der Waals surface area contributed by atoms with Gasteiger partial charge in [-0.15, -0.1) is 0 Å². The maximum Gasteiger partial charge on any atom is 0.342 e. The van der Waals surface area contributed by atoms with Crippen molar-refractivity contribution in [2.45, 2.75) is 20.3 Å². The molecule has 3 N–H and O–H groups in total. The predicted molar refractivity (Wildman–Crippen MR) is 100 cm³/mol. The van der Waals surface area contributed by atoms with Crippen LogP contribution in [0.5, 0.6) is 11.5 Å². The number of aromatic hydroxyl groups is 2. The summed E-state index contributed by atoms with van der Waals surface area (Å²) in [6.07, 6.45) is -0.0512. The molecule has 0 spiro atoms. The molecule has 0 aliphatic carbocycles. The molecule has 8 heteroatoms. The number of benzene rings is 2. The largest absolute Gasteiger partial charge is 0.508 e. The fraction of sp³-hybridized carbons (Fsp3) is 0.250. The van der Waals surface area contributed by atoms with Crippen molar-refractivity contribution in [2.75, 3.05) is 18.5 Å². The summed E-state index contributed by atoms with van der Waals surface area (Å²) in [5, 5.41) is 22.7. The van der Waals surface area contributed by atoms with Gasteiger partial charge in [-0.2, -0.15) is 0 Å². The Labute approximate surface area is 161 Å². The summed E-state index contributed by atoms with van der Waals surface area (Å²) in [5.41, 5.74) is 0.210. The number of hydrogen-bond donors (Lipinski definition) is 3. The average Bonchev–Trinajstić information content (AvgIpc) is 2.65. The monoisotopic (exact) mass is 387 g/mol. The number of esters is 2. The quantitative estimate of drug-likeness (QED) is 0.493. The number of phenolic OH excluding ortho intramolecular Hbond substituents is 2. The van der Waals surface area contributed by atoms with Gasteiger partial charge < -0.3 is 25.0 Å². The van der Waals surface area contributed by atoms with Crippen LogP contribution in [0.3, 0.4) is 0 Å². The van der Waals surface area contributed by atoms with E-state index in [1.54, 1.807) is 38.1 Å². The van der Waals surface area contributed by atoms with Gasteiger partial charge in [0.1, 0.15) is 17.1 Å². The van der Waals surface area contributed by atoms with Crippen LogP contribution in [0.25, 0.3) is 0 Å². The molecule has 148 valence electrons. The van der Waals surface area contributed by atoms with Gasteiger partial charge in [0.2, 0.25) is 0 Å². The summed E-state index contributed by atoms with van der Waals surface area (Å²) in [7, 11) is 0. The molecule has 2 rings (SSSR count). The topological polar surface area (TPSA) is 122 Å². The van der Waals surface area contributed by atoms with Gasteiger partial charge in [0.15, 0.2) is 0 Å². The molecule has 0 atom stereocenters. The maximum atomic E-state index is 12.6. The lowest BCUT2D eigenvalue weighted by Crippen LogP contribution is -2.16. The van der Waals surface area contributed by atoms with Gasteiger partial charge in [-0.1, -0.05) is 18.2 Å². The Bertz CT molecular complexity index is 892. The lowest BCUT2D eigenvalue weighted by Gasteiger charge is -2.13. The van der Waals surface area contributed by atoms with Crippen LogP contribution in [0.1, 0.15) is 40.1 Å². The zero-order valence-corrected chi connectivity index (χ0v) is 15.5. The Morgan fingerprint density at radius 3 is 2.29 bits per heavy atom. The molecule has 0 saturated heterocycles. The molecule has 28 heavy (non-hydrogen) atoms. The van der Waals surface area contributed by atoms with Crippen LogP contribution in [0.4, 0.5) is 5.69 Å². The van der Waals surface area contributed by atoms with E-state index < -0.39 is 23.6 Å². The number of carbonyl (C=O) groups excluding carboxylic acids is 3. The number of nitrogens with one attached hydrogen (secondary N) is 1. The first-order valence-electron chi connectivity index (χ1n) is 8.65.